The van der Waals surface area contributed by atoms with E-state index in [1.165, 1.54) is 0 Å². The lowest BCUT2D eigenvalue weighted by Gasteiger charge is -2.32. The topological polar surface area (TPSA) is 44.4 Å². The second kappa shape index (κ2) is 7.58. The molecule has 0 spiro atoms. The molecule has 0 radical (unpaired) electrons. The number of para-hydroxylation sites is 1. The maximum Gasteiger partial charge on any atom is 0.219 e. The van der Waals surface area contributed by atoms with E-state index < -0.39 is 0 Å². The Kier molecular flexibility index (Phi) is 5.26. The Morgan fingerprint density at radius 2 is 1.79 bits per heavy atom. The number of anilines is 3. The maximum absolute atomic E-state index is 11.4. The molecule has 126 valence electrons. The van der Waals surface area contributed by atoms with Crippen LogP contribution in [0.1, 0.15) is 19.8 Å². The lowest BCUT2D eigenvalue weighted by Crippen LogP contribution is -2.41. The Hall–Kier alpha value is -2.20. The van der Waals surface area contributed by atoms with E-state index in [0.717, 1.165) is 43.0 Å². The average Bonchev–Trinajstić information content (AvgIpc) is 2.59. The van der Waals surface area contributed by atoms with Crippen LogP contribution in [0.2, 0.25) is 5.02 Å². The summed E-state index contributed by atoms with van der Waals surface area (Å²) in [6.07, 6.45) is 1.90. The quantitative estimate of drug-likeness (QED) is 0.858. The molecule has 3 rings (SSSR count). The number of rotatable bonds is 4. The molecule has 4 nitrogen and oxygen atoms in total. The highest BCUT2D eigenvalue weighted by Gasteiger charge is 2.21. The van der Waals surface area contributed by atoms with E-state index in [-0.39, 0.29) is 5.91 Å². The summed E-state index contributed by atoms with van der Waals surface area (Å²) in [4.78, 5) is 13.3. The monoisotopic (exact) mass is 343 g/mol. The molecule has 1 aliphatic rings. The number of piperidine rings is 1. The van der Waals surface area contributed by atoms with Crippen LogP contribution in [0.4, 0.5) is 17.1 Å². The third-order valence-corrected chi connectivity index (χ3v) is 4.57. The van der Waals surface area contributed by atoms with Crippen molar-refractivity contribution < 1.29 is 4.79 Å². The molecule has 1 saturated heterocycles. The van der Waals surface area contributed by atoms with Gasteiger partial charge in [-0.05, 0) is 43.2 Å². The van der Waals surface area contributed by atoms with Gasteiger partial charge in [-0.15, -0.1) is 0 Å². The number of benzene rings is 2. The second-order valence-electron chi connectivity index (χ2n) is 6.11. The first-order valence-electron chi connectivity index (χ1n) is 8.25. The number of likely N-dealkylation sites (tertiary alicyclic amines) is 1. The Morgan fingerprint density at radius 3 is 2.46 bits per heavy atom. The van der Waals surface area contributed by atoms with Gasteiger partial charge in [-0.25, -0.2) is 0 Å². The van der Waals surface area contributed by atoms with Crippen molar-refractivity contribution in [2.24, 2.45) is 0 Å². The SMILES string of the molecule is CC(=O)N1CCC(Nc2ccc(Cl)cc2Nc2ccccc2)CC1. The summed E-state index contributed by atoms with van der Waals surface area (Å²) < 4.78 is 0. The van der Waals surface area contributed by atoms with Gasteiger partial charge < -0.3 is 15.5 Å². The summed E-state index contributed by atoms with van der Waals surface area (Å²) >= 11 is 6.17. The number of carbonyl (C=O) groups excluding carboxylic acids is 1. The van der Waals surface area contributed by atoms with Gasteiger partial charge >= 0.3 is 0 Å². The lowest BCUT2D eigenvalue weighted by molar-refractivity contribution is -0.129. The Balaban J connectivity index is 1.70. The largest absolute Gasteiger partial charge is 0.380 e. The van der Waals surface area contributed by atoms with Crippen molar-refractivity contribution in [2.75, 3.05) is 23.7 Å². The lowest BCUT2D eigenvalue weighted by atomic mass is 10.0. The van der Waals surface area contributed by atoms with Gasteiger partial charge in [0, 0.05) is 36.8 Å². The van der Waals surface area contributed by atoms with Crippen molar-refractivity contribution in [3.63, 3.8) is 0 Å². The van der Waals surface area contributed by atoms with E-state index in [9.17, 15) is 4.79 Å². The average molecular weight is 344 g/mol. The zero-order valence-electron chi connectivity index (χ0n) is 13.8. The van der Waals surface area contributed by atoms with Gasteiger partial charge in [-0.3, -0.25) is 4.79 Å². The molecule has 5 heteroatoms. The first kappa shape index (κ1) is 16.7. The van der Waals surface area contributed by atoms with Gasteiger partial charge in [0.15, 0.2) is 0 Å². The van der Waals surface area contributed by atoms with Crippen molar-refractivity contribution in [1.29, 1.82) is 0 Å². The summed E-state index contributed by atoms with van der Waals surface area (Å²) in [6, 6.07) is 16.2. The Labute approximate surface area is 147 Å². The molecule has 0 saturated carbocycles. The molecule has 0 aromatic heterocycles. The van der Waals surface area contributed by atoms with Gasteiger partial charge in [-0.1, -0.05) is 29.8 Å². The fourth-order valence-electron chi connectivity index (χ4n) is 2.98. The molecule has 0 bridgehead atoms. The van der Waals surface area contributed by atoms with Crippen molar-refractivity contribution in [2.45, 2.75) is 25.8 Å². The highest BCUT2D eigenvalue weighted by molar-refractivity contribution is 6.31. The zero-order chi connectivity index (χ0) is 16.9. The number of halogens is 1. The molecule has 1 fully saturated rings. The smallest absolute Gasteiger partial charge is 0.219 e. The van der Waals surface area contributed by atoms with Crippen LogP contribution in [-0.4, -0.2) is 29.9 Å². The summed E-state index contributed by atoms with van der Waals surface area (Å²) in [5.41, 5.74) is 3.02. The predicted molar refractivity (Wildman–Crippen MR) is 100 cm³/mol. The van der Waals surface area contributed by atoms with Crippen LogP contribution >= 0.6 is 11.6 Å². The summed E-state index contributed by atoms with van der Waals surface area (Å²) in [5, 5.41) is 7.72. The summed E-state index contributed by atoms with van der Waals surface area (Å²) in [6.45, 7) is 3.25. The molecule has 24 heavy (non-hydrogen) atoms. The van der Waals surface area contributed by atoms with E-state index in [4.69, 9.17) is 11.6 Å². The number of hydrogen-bond acceptors (Lipinski definition) is 3. The third-order valence-electron chi connectivity index (χ3n) is 4.33. The molecular weight excluding hydrogens is 322 g/mol. The van der Waals surface area contributed by atoms with Crippen LogP contribution in [0.5, 0.6) is 0 Å². The minimum atomic E-state index is 0.159. The predicted octanol–water partition coefficient (Wildman–Crippen LogP) is 4.51. The van der Waals surface area contributed by atoms with E-state index in [1.54, 1.807) is 6.92 Å². The van der Waals surface area contributed by atoms with Crippen LogP contribution in [0, 0.1) is 0 Å². The molecule has 0 atom stereocenters. The van der Waals surface area contributed by atoms with E-state index in [1.807, 2.05) is 53.4 Å². The van der Waals surface area contributed by atoms with Crippen molar-refractivity contribution >= 4 is 34.6 Å². The second-order valence-corrected chi connectivity index (χ2v) is 6.54. The van der Waals surface area contributed by atoms with Crippen molar-refractivity contribution in [3.05, 3.63) is 53.6 Å². The minimum Gasteiger partial charge on any atom is -0.380 e. The van der Waals surface area contributed by atoms with E-state index in [2.05, 4.69) is 10.6 Å². The fraction of sp³-hybridized carbons (Fsp3) is 0.316. The van der Waals surface area contributed by atoms with Crippen LogP contribution in [0.3, 0.4) is 0 Å². The normalized spacial score (nSPS) is 15.2. The van der Waals surface area contributed by atoms with Crippen LogP contribution in [-0.2, 0) is 4.79 Å². The summed E-state index contributed by atoms with van der Waals surface area (Å²) in [7, 11) is 0. The molecule has 1 aliphatic heterocycles. The standard InChI is InChI=1S/C19H22ClN3O/c1-14(24)23-11-9-17(10-12-23)21-18-8-7-15(20)13-19(18)22-16-5-3-2-4-6-16/h2-8,13,17,21-22H,9-12H2,1H3. The van der Waals surface area contributed by atoms with Gasteiger partial charge in [0.2, 0.25) is 5.91 Å². The number of carbonyl (C=O) groups is 1. The van der Waals surface area contributed by atoms with Gasteiger partial charge in [0.25, 0.3) is 0 Å². The minimum absolute atomic E-state index is 0.159. The zero-order valence-corrected chi connectivity index (χ0v) is 14.5. The van der Waals surface area contributed by atoms with E-state index >= 15 is 0 Å². The fourth-order valence-corrected chi connectivity index (χ4v) is 3.15. The third kappa shape index (κ3) is 4.20. The number of amides is 1. The summed E-state index contributed by atoms with van der Waals surface area (Å²) in [5.74, 6) is 0.159. The van der Waals surface area contributed by atoms with Crippen molar-refractivity contribution in [3.8, 4) is 0 Å². The maximum atomic E-state index is 11.4. The van der Waals surface area contributed by atoms with Crippen LogP contribution in [0.25, 0.3) is 0 Å². The Bertz CT molecular complexity index is 697. The molecule has 2 aromatic carbocycles. The molecular formula is C19H22ClN3O. The molecule has 0 unspecified atom stereocenters. The Morgan fingerprint density at radius 1 is 1.08 bits per heavy atom. The molecule has 2 aromatic rings. The highest BCUT2D eigenvalue weighted by Crippen LogP contribution is 2.30. The molecule has 1 amide bonds. The highest BCUT2D eigenvalue weighted by atomic mass is 35.5. The molecule has 0 aliphatic carbocycles. The van der Waals surface area contributed by atoms with Gasteiger partial charge in [-0.2, -0.15) is 0 Å². The number of nitrogens with one attached hydrogen (secondary N) is 2. The van der Waals surface area contributed by atoms with E-state index in [0.29, 0.717) is 11.1 Å². The molecule has 2 N–H and O–H groups in total. The number of hydrogen-bond donors (Lipinski definition) is 2. The number of nitrogens with zero attached hydrogens (tertiary/aromatic N) is 1. The first-order chi connectivity index (χ1) is 11.6. The first-order valence-corrected chi connectivity index (χ1v) is 8.63. The van der Waals surface area contributed by atoms with Crippen LogP contribution < -0.4 is 10.6 Å². The van der Waals surface area contributed by atoms with Gasteiger partial charge in [0.1, 0.15) is 0 Å². The van der Waals surface area contributed by atoms with Gasteiger partial charge in [0.05, 0.1) is 11.4 Å². The van der Waals surface area contributed by atoms with Crippen molar-refractivity contribution in [1.82, 2.24) is 4.90 Å². The van der Waals surface area contributed by atoms with Crippen LogP contribution in [0.15, 0.2) is 48.5 Å². The molecule has 1 heterocycles.